The quantitative estimate of drug-likeness (QED) is 0.740. The molecule has 0 bridgehead atoms. The zero-order chi connectivity index (χ0) is 13.0. The Morgan fingerprint density at radius 3 is 2.67 bits per heavy atom. The lowest BCUT2D eigenvalue weighted by Gasteiger charge is -2.39. The summed E-state index contributed by atoms with van der Waals surface area (Å²) in [6, 6.07) is 0. The number of hydrogen-bond acceptors (Lipinski definition) is 3. The standard InChI is InChI=1S/C15H27NO2/c1-3-12-6-5-9-15(10-12,14(17)18-4-2)16-11-13-7-8-13/h12-13,16H,3-11H2,1-2H3. The maximum absolute atomic E-state index is 12.3. The van der Waals surface area contributed by atoms with Crippen LogP contribution in [0, 0.1) is 11.8 Å². The van der Waals surface area contributed by atoms with E-state index in [2.05, 4.69) is 12.2 Å². The number of carbonyl (C=O) groups is 1. The molecule has 3 heteroatoms. The van der Waals surface area contributed by atoms with Gasteiger partial charge >= 0.3 is 5.97 Å². The van der Waals surface area contributed by atoms with Crippen LogP contribution in [0.15, 0.2) is 0 Å². The third-order valence-corrected chi connectivity index (χ3v) is 4.52. The van der Waals surface area contributed by atoms with Crippen molar-refractivity contribution >= 4 is 5.97 Å². The number of nitrogens with one attached hydrogen (secondary N) is 1. The first-order valence-electron chi connectivity index (χ1n) is 7.62. The van der Waals surface area contributed by atoms with Crippen molar-refractivity contribution in [1.82, 2.24) is 5.32 Å². The second-order valence-electron chi connectivity index (χ2n) is 6.00. The third kappa shape index (κ3) is 3.25. The highest BCUT2D eigenvalue weighted by Gasteiger charge is 2.44. The van der Waals surface area contributed by atoms with E-state index in [1.807, 2.05) is 6.92 Å². The summed E-state index contributed by atoms with van der Waals surface area (Å²) in [7, 11) is 0. The van der Waals surface area contributed by atoms with Gasteiger partial charge in [0, 0.05) is 0 Å². The van der Waals surface area contributed by atoms with Crippen LogP contribution in [0.1, 0.15) is 58.8 Å². The van der Waals surface area contributed by atoms with Crippen LogP contribution in [0.5, 0.6) is 0 Å². The van der Waals surface area contributed by atoms with Gasteiger partial charge in [-0.1, -0.05) is 26.2 Å². The highest BCUT2D eigenvalue weighted by Crippen LogP contribution is 2.36. The van der Waals surface area contributed by atoms with Gasteiger partial charge in [-0.05, 0) is 51.0 Å². The molecule has 0 radical (unpaired) electrons. The Hall–Kier alpha value is -0.570. The molecule has 18 heavy (non-hydrogen) atoms. The summed E-state index contributed by atoms with van der Waals surface area (Å²) >= 11 is 0. The minimum atomic E-state index is -0.377. The van der Waals surface area contributed by atoms with Crippen LogP contribution < -0.4 is 5.32 Å². The molecule has 1 N–H and O–H groups in total. The van der Waals surface area contributed by atoms with Crippen LogP contribution >= 0.6 is 0 Å². The highest BCUT2D eigenvalue weighted by atomic mass is 16.5. The Labute approximate surface area is 111 Å². The molecule has 2 atom stereocenters. The third-order valence-electron chi connectivity index (χ3n) is 4.52. The van der Waals surface area contributed by atoms with Gasteiger partial charge < -0.3 is 10.1 Å². The van der Waals surface area contributed by atoms with Gasteiger partial charge in [0.1, 0.15) is 5.54 Å². The summed E-state index contributed by atoms with van der Waals surface area (Å²) in [4.78, 5) is 12.3. The van der Waals surface area contributed by atoms with E-state index in [0.29, 0.717) is 12.5 Å². The van der Waals surface area contributed by atoms with Crippen LogP contribution in [0.3, 0.4) is 0 Å². The maximum atomic E-state index is 12.3. The number of ether oxygens (including phenoxy) is 1. The Balaban J connectivity index is 2.01. The molecule has 0 amide bonds. The Bertz CT molecular complexity index is 288. The first-order valence-corrected chi connectivity index (χ1v) is 7.62. The molecule has 0 aromatic carbocycles. The minimum absolute atomic E-state index is 0.0104. The van der Waals surface area contributed by atoms with Crippen molar-refractivity contribution in [3.05, 3.63) is 0 Å². The molecule has 2 unspecified atom stereocenters. The zero-order valence-corrected chi connectivity index (χ0v) is 11.8. The van der Waals surface area contributed by atoms with Crippen molar-refractivity contribution in [2.24, 2.45) is 11.8 Å². The van der Waals surface area contributed by atoms with Gasteiger partial charge in [-0.3, -0.25) is 4.79 Å². The molecule has 0 spiro atoms. The zero-order valence-electron chi connectivity index (χ0n) is 11.8. The minimum Gasteiger partial charge on any atom is -0.465 e. The molecule has 2 fully saturated rings. The summed E-state index contributed by atoms with van der Waals surface area (Å²) in [6.45, 7) is 5.61. The number of esters is 1. The molecule has 0 aliphatic heterocycles. The van der Waals surface area contributed by atoms with E-state index in [4.69, 9.17) is 4.74 Å². The van der Waals surface area contributed by atoms with E-state index in [0.717, 1.165) is 31.7 Å². The summed E-state index contributed by atoms with van der Waals surface area (Å²) in [5, 5.41) is 3.57. The van der Waals surface area contributed by atoms with Crippen molar-refractivity contribution in [2.75, 3.05) is 13.2 Å². The first kappa shape index (κ1) is 13.9. The van der Waals surface area contributed by atoms with E-state index in [1.165, 1.54) is 25.7 Å². The predicted molar refractivity (Wildman–Crippen MR) is 72.3 cm³/mol. The Morgan fingerprint density at radius 2 is 2.06 bits per heavy atom. The van der Waals surface area contributed by atoms with Crippen molar-refractivity contribution in [1.29, 1.82) is 0 Å². The van der Waals surface area contributed by atoms with Gasteiger partial charge in [0.2, 0.25) is 0 Å². The fraction of sp³-hybridized carbons (Fsp3) is 0.933. The molecule has 0 saturated heterocycles. The number of rotatable bonds is 6. The second-order valence-corrected chi connectivity index (χ2v) is 6.00. The van der Waals surface area contributed by atoms with Crippen molar-refractivity contribution in [3.8, 4) is 0 Å². The monoisotopic (exact) mass is 253 g/mol. The lowest BCUT2D eigenvalue weighted by atomic mass is 9.74. The maximum Gasteiger partial charge on any atom is 0.326 e. The van der Waals surface area contributed by atoms with Crippen LogP contribution in [-0.2, 0) is 9.53 Å². The smallest absolute Gasteiger partial charge is 0.326 e. The summed E-state index contributed by atoms with van der Waals surface area (Å²) in [5.41, 5.74) is -0.377. The molecular weight excluding hydrogens is 226 g/mol. The molecule has 2 rings (SSSR count). The topological polar surface area (TPSA) is 38.3 Å². The molecule has 104 valence electrons. The molecular formula is C15H27NO2. The van der Waals surface area contributed by atoms with E-state index >= 15 is 0 Å². The summed E-state index contributed by atoms with van der Waals surface area (Å²) in [5.74, 6) is 1.47. The van der Waals surface area contributed by atoms with Gasteiger partial charge in [0.15, 0.2) is 0 Å². The van der Waals surface area contributed by atoms with Crippen molar-refractivity contribution < 1.29 is 9.53 Å². The fourth-order valence-electron chi connectivity index (χ4n) is 3.09. The largest absolute Gasteiger partial charge is 0.465 e. The second kappa shape index (κ2) is 6.05. The van der Waals surface area contributed by atoms with Gasteiger partial charge in [-0.15, -0.1) is 0 Å². The van der Waals surface area contributed by atoms with Crippen LogP contribution in [0.2, 0.25) is 0 Å². The normalized spacial score (nSPS) is 32.2. The van der Waals surface area contributed by atoms with Crippen molar-refractivity contribution in [2.45, 2.75) is 64.3 Å². The van der Waals surface area contributed by atoms with Crippen LogP contribution in [0.4, 0.5) is 0 Å². The van der Waals surface area contributed by atoms with E-state index < -0.39 is 0 Å². The van der Waals surface area contributed by atoms with Crippen molar-refractivity contribution in [3.63, 3.8) is 0 Å². The molecule has 2 aliphatic carbocycles. The van der Waals surface area contributed by atoms with E-state index in [-0.39, 0.29) is 11.5 Å². The van der Waals surface area contributed by atoms with Gasteiger partial charge in [-0.2, -0.15) is 0 Å². The van der Waals surface area contributed by atoms with E-state index in [9.17, 15) is 4.79 Å². The summed E-state index contributed by atoms with van der Waals surface area (Å²) < 4.78 is 5.33. The molecule has 0 heterocycles. The van der Waals surface area contributed by atoms with Crippen LogP contribution in [-0.4, -0.2) is 24.7 Å². The van der Waals surface area contributed by atoms with Gasteiger partial charge in [0.05, 0.1) is 6.61 Å². The lowest BCUT2D eigenvalue weighted by Crippen LogP contribution is -2.56. The lowest BCUT2D eigenvalue weighted by molar-refractivity contribution is -0.153. The van der Waals surface area contributed by atoms with Crippen LogP contribution in [0.25, 0.3) is 0 Å². The van der Waals surface area contributed by atoms with Gasteiger partial charge in [-0.25, -0.2) is 0 Å². The molecule has 2 saturated carbocycles. The molecule has 0 aromatic heterocycles. The number of hydrogen-bond donors (Lipinski definition) is 1. The Kier molecular flexibility index (Phi) is 4.66. The average Bonchev–Trinajstić information content (AvgIpc) is 3.21. The average molecular weight is 253 g/mol. The number of carbonyl (C=O) groups excluding carboxylic acids is 1. The first-order chi connectivity index (χ1) is 8.70. The highest BCUT2D eigenvalue weighted by molar-refractivity contribution is 5.81. The Morgan fingerprint density at radius 1 is 1.28 bits per heavy atom. The molecule has 2 aliphatic rings. The molecule has 0 aromatic rings. The molecule has 3 nitrogen and oxygen atoms in total. The fourth-order valence-corrected chi connectivity index (χ4v) is 3.09. The SMILES string of the molecule is CCOC(=O)C1(NCC2CC2)CCCC(CC)C1. The van der Waals surface area contributed by atoms with E-state index in [1.54, 1.807) is 0 Å². The van der Waals surface area contributed by atoms with Gasteiger partial charge in [0.25, 0.3) is 0 Å². The predicted octanol–water partition coefficient (Wildman–Crippen LogP) is 2.89. The summed E-state index contributed by atoms with van der Waals surface area (Å²) in [6.07, 6.45) is 8.15.